The van der Waals surface area contributed by atoms with Crippen molar-refractivity contribution >= 4 is 38.9 Å². The molecule has 0 fully saturated rings. The summed E-state index contributed by atoms with van der Waals surface area (Å²) in [4.78, 5) is 2.48. The van der Waals surface area contributed by atoms with Gasteiger partial charge >= 0.3 is 0 Å². The molecule has 0 saturated heterocycles. The van der Waals surface area contributed by atoms with E-state index in [1.54, 1.807) is 0 Å². The molecule has 0 atom stereocenters. The highest BCUT2D eigenvalue weighted by Gasteiger charge is 2.43. The zero-order valence-corrected chi connectivity index (χ0v) is 35.5. The number of aromatic nitrogens is 1. The number of rotatable bonds is 6. The molecule has 1 aromatic heterocycles. The molecule has 0 unspecified atom stereocenters. The Morgan fingerprint density at radius 2 is 0.855 bits per heavy atom. The lowest BCUT2D eigenvalue weighted by molar-refractivity contribution is 0.652. The van der Waals surface area contributed by atoms with Crippen molar-refractivity contribution in [1.29, 1.82) is 0 Å². The summed E-state index contributed by atoms with van der Waals surface area (Å²) in [6, 6.07) is 76.3. The predicted molar refractivity (Wildman–Crippen MR) is 261 cm³/mol. The molecule has 2 aliphatic rings. The molecule has 2 aliphatic carbocycles. The zero-order chi connectivity index (χ0) is 41.7. The van der Waals surface area contributed by atoms with Gasteiger partial charge in [0.1, 0.15) is 0 Å². The second-order valence-electron chi connectivity index (χ2n) is 18.2. The van der Waals surface area contributed by atoms with Crippen LogP contribution in [0.4, 0.5) is 17.1 Å². The van der Waals surface area contributed by atoms with Crippen molar-refractivity contribution in [3.05, 3.63) is 229 Å². The predicted octanol–water partition coefficient (Wildman–Crippen LogP) is 16.2. The van der Waals surface area contributed by atoms with Crippen LogP contribution in [0.3, 0.4) is 0 Å². The van der Waals surface area contributed by atoms with Gasteiger partial charge in [0.15, 0.2) is 0 Å². The quantitative estimate of drug-likeness (QED) is 0.163. The number of nitrogens with zero attached hydrogens (tertiary/aromatic N) is 2. The summed E-state index contributed by atoms with van der Waals surface area (Å²) < 4.78 is 2.40. The molecule has 0 bridgehead atoms. The molecule has 0 spiro atoms. The molecule has 2 heteroatoms. The number of hydrogen-bond acceptors (Lipinski definition) is 1. The molecule has 62 heavy (non-hydrogen) atoms. The van der Waals surface area contributed by atoms with E-state index in [0.717, 1.165) is 17.1 Å². The summed E-state index contributed by atoms with van der Waals surface area (Å²) >= 11 is 0. The molecule has 0 radical (unpaired) electrons. The lowest BCUT2D eigenvalue weighted by Crippen LogP contribution is -2.17. The smallest absolute Gasteiger partial charge is 0.0543 e. The van der Waals surface area contributed by atoms with Crippen LogP contribution in [0.2, 0.25) is 0 Å². The van der Waals surface area contributed by atoms with Crippen molar-refractivity contribution in [3.8, 4) is 50.2 Å². The third-order valence-corrected chi connectivity index (χ3v) is 14.0. The van der Waals surface area contributed by atoms with Gasteiger partial charge in [-0.05, 0) is 128 Å². The standard InChI is InChI=1S/C60H46N2/c1-59(2)51-23-11-8-20-46(51)49-37-54-50(38-53(49)59)58-52(60(54,3)4)24-15-27-57(58)61(43-32-28-40(29-33-43)39-16-6-5-7-17-39)44-34-30-41(31-35-44)42-18-14-19-45(36-42)62-55-25-12-9-21-47(55)48-22-10-13-26-56(48)62/h5-38H,1-4H3. The Labute approximate surface area is 364 Å². The van der Waals surface area contributed by atoms with Crippen LogP contribution in [0.1, 0.15) is 49.9 Å². The van der Waals surface area contributed by atoms with E-state index in [0.29, 0.717) is 0 Å². The van der Waals surface area contributed by atoms with Crippen molar-refractivity contribution in [2.24, 2.45) is 0 Å². The molecule has 296 valence electrons. The number of fused-ring (bicyclic) bond motifs is 9. The summed E-state index contributed by atoms with van der Waals surface area (Å²) in [5.41, 5.74) is 22.5. The first-order chi connectivity index (χ1) is 30.3. The van der Waals surface area contributed by atoms with E-state index in [1.165, 1.54) is 94.3 Å². The van der Waals surface area contributed by atoms with E-state index in [-0.39, 0.29) is 10.8 Å². The van der Waals surface area contributed by atoms with Crippen LogP contribution < -0.4 is 4.90 Å². The number of para-hydroxylation sites is 2. The van der Waals surface area contributed by atoms with Crippen LogP contribution in [0.25, 0.3) is 72.0 Å². The average molecular weight is 795 g/mol. The highest BCUT2D eigenvalue weighted by Crippen LogP contribution is 2.58. The maximum Gasteiger partial charge on any atom is 0.0543 e. The minimum atomic E-state index is -0.175. The summed E-state index contributed by atoms with van der Waals surface area (Å²) in [7, 11) is 0. The van der Waals surface area contributed by atoms with E-state index in [1.807, 2.05) is 0 Å². The summed E-state index contributed by atoms with van der Waals surface area (Å²) in [5.74, 6) is 0. The molecule has 0 N–H and O–H groups in total. The lowest BCUT2D eigenvalue weighted by atomic mass is 9.79. The molecular weight excluding hydrogens is 749 g/mol. The topological polar surface area (TPSA) is 8.17 Å². The molecular formula is C60H46N2. The summed E-state index contributed by atoms with van der Waals surface area (Å²) in [6.07, 6.45) is 0. The Bertz CT molecular complexity index is 3330. The van der Waals surface area contributed by atoms with Crippen molar-refractivity contribution < 1.29 is 0 Å². The van der Waals surface area contributed by atoms with Gasteiger partial charge in [0.05, 0.1) is 16.7 Å². The third-order valence-electron chi connectivity index (χ3n) is 14.0. The van der Waals surface area contributed by atoms with Crippen LogP contribution in [0.15, 0.2) is 206 Å². The molecule has 0 amide bonds. The molecule has 2 nitrogen and oxygen atoms in total. The highest BCUT2D eigenvalue weighted by atomic mass is 15.1. The number of anilines is 3. The largest absolute Gasteiger partial charge is 0.310 e. The van der Waals surface area contributed by atoms with Gasteiger partial charge in [-0.25, -0.2) is 0 Å². The Morgan fingerprint density at radius 1 is 0.355 bits per heavy atom. The summed E-state index contributed by atoms with van der Waals surface area (Å²) in [6.45, 7) is 9.58. The first-order valence-electron chi connectivity index (χ1n) is 21.8. The van der Waals surface area contributed by atoms with E-state index in [4.69, 9.17) is 0 Å². The van der Waals surface area contributed by atoms with Gasteiger partial charge in [0.2, 0.25) is 0 Å². The first kappa shape index (κ1) is 36.4. The molecule has 9 aromatic carbocycles. The van der Waals surface area contributed by atoms with Crippen molar-refractivity contribution in [3.63, 3.8) is 0 Å². The van der Waals surface area contributed by atoms with Crippen LogP contribution in [-0.4, -0.2) is 4.57 Å². The van der Waals surface area contributed by atoms with Gasteiger partial charge in [-0.1, -0.05) is 167 Å². The molecule has 0 saturated carbocycles. The normalized spacial score (nSPS) is 14.1. The van der Waals surface area contributed by atoms with E-state index >= 15 is 0 Å². The van der Waals surface area contributed by atoms with Gasteiger partial charge in [0, 0.05) is 44.2 Å². The maximum absolute atomic E-state index is 2.53. The second kappa shape index (κ2) is 13.5. The Morgan fingerprint density at radius 3 is 1.55 bits per heavy atom. The van der Waals surface area contributed by atoms with E-state index in [9.17, 15) is 0 Å². The third kappa shape index (κ3) is 5.36. The summed E-state index contributed by atoms with van der Waals surface area (Å²) in [5, 5.41) is 2.54. The van der Waals surface area contributed by atoms with E-state index in [2.05, 4.69) is 243 Å². The number of hydrogen-bond donors (Lipinski definition) is 0. The van der Waals surface area contributed by atoms with Crippen LogP contribution >= 0.6 is 0 Å². The minimum absolute atomic E-state index is 0.0928. The van der Waals surface area contributed by atoms with Gasteiger partial charge in [-0.15, -0.1) is 0 Å². The molecule has 10 aromatic rings. The molecule has 0 aliphatic heterocycles. The Hall–Kier alpha value is -7.42. The second-order valence-corrected chi connectivity index (χ2v) is 18.2. The van der Waals surface area contributed by atoms with E-state index < -0.39 is 0 Å². The zero-order valence-electron chi connectivity index (χ0n) is 35.5. The Kier molecular flexibility index (Phi) is 7.96. The molecule has 12 rings (SSSR count). The van der Waals surface area contributed by atoms with Gasteiger partial charge in [0.25, 0.3) is 0 Å². The highest BCUT2D eigenvalue weighted by molar-refractivity contribution is 6.09. The average Bonchev–Trinajstić information content (AvgIpc) is 3.86. The fraction of sp³-hybridized carbons (Fsp3) is 0.100. The van der Waals surface area contributed by atoms with Gasteiger partial charge < -0.3 is 9.47 Å². The fourth-order valence-electron chi connectivity index (χ4n) is 10.8. The van der Waals surface area contributed by atoms with Crippen molar-refractivity contribution in [2.45, 2.75) is 38.5 Å². The monoisotopic (exact) mass is 794 g/mol. The minimum Gasteiger partial charge on any atom is -0.310 e. The maximum atomic E-state index is 2.53. The van der Waals surface area contributed by atoms with Crippen LogP contribution in [0, 0.1) is 0 Å². The molecule has 1 heterocycles. The van der Waals surface area contributed by atoms with Crippen LogP contribution in [0.5, 0.6) is 0 Å². The van der Waals surface area contributed by atoms with Gasteiger partial charge in [-0.2, -0.15) is 0 Å². The van der Waals surface area contributed by atoms with Gasteiger partial charge in [-0.3, -0.25) is 0 Å². The number of benzene rings is 9. The SMILES string of the molecule is CC1(C)c2ccccc2-c2cc3c(cc21)-c1c(N(c2ccc(-c4ccccc4)cc2)c2ccc(-c4cccc(-n5c6ccccc6c6ccccc65)c4)cc2)cccc1C3(C)C. The Balaban J connectivity index is 1.00. The first-order valence-corrected chi connectivity index (χ1v) is 21.8. The van der Waals surface area contributed by atoms with Crippen LogP contribution in [-0.2, 0) is 10.8 Å². The lowest BCUT2D eigenvalue weighted by Gasteiger charge is -2.29. The van der Waals surface area contributed by atoms with Crippen molar-refractivity contribution in [2.75, 3.05) is 4.90 Å². The van der Waals surface area contributed by atoms with Crippen molar-refractivity contribution in [1.82, 2.24) is 4.57 Å². The fourth-order valence-corrected chi connectivity index (χ4v) is 10.8.